The Morgan fingerprint density at radius 1 is 0.629 bits per heavy atom. The molecule has 1 aliphatic rings. The molecule has 0 spiro atoms. The van der Waals surface area contributed by atoms with Gasteiger partial charge in [0.15, 0.2) is 0 Å². The van der Waals surface area contributed by atoms with E-state index < -0.39 is 0 Å². The molecule has 0 N–H and O–H groups in total. The Balaban J connectivity index is 1.44. The molecule has 0 bridgehead atoms. The van der Waals surface area contributed by atoms with Crippen LogP contribution in [0.4, 0.5) is 17.2 Å². The predicted molar refractivity (Wildman–Crippen MR) is 141 cm³/mol. The molecule has 0 unspecified atom stereocenters. The van der Waals surface area contributed by atoms with E-state index in [9.17, 15) is 0 Å². The summed E-state index contributed by atoms with van der Waals surface area (Å²) in [5.41, 5.74) is 6.50. The summed E-state index contributed by atoms with van der Waals surface area (Å²) in [5.74, 6) is 2.43. The van der Waals surface area contributed by atoms with Gasteiger partial charge in [-0.25, -0.2) is 4.98 Å². The number of pyridine rings is 2. The minimum absolute atomic E-state index is 0.158. The van der Waals surface area contributed by atoms with E-state index in [2.05, 4.69) is 71.2 Å². The van der Waals surface area contributed by atoms with Crippen molar-refractivity contribution in [3.8, 4) is 22.8 Å². The van der Waals surface area contributed by atoms with E-state index in [1.54, 1.807) is 6.20 Å². The van der Waals surface area contributed by atoms with Gasteiger partial charge in [0, 0.05) is 29.4 Å². The molecule has 0 fully saturated rings. The van der Waals surface area contributed by atoms with Crippen LogP contribution in [0.3, 0.4) is 0 Å². The molecule has 170 valence electrons. The number of ether oxygens (including phenoxy) is 1. The van der Waals surface area contributed by atoms with E-state index in [1.165, 1.54) is 11.1 Å². The number of hydrogen-bond donors (Lipinski definition) is 0. The lowest BCUT2D eigenvalue weighted by Crippen LogP contribution is -2.30. The zero-order valence-electron chi connectivity index (χ0n) is 19.7. The Kier molecular flexibility index (Phi) is 5.07. The van der Waals surface area contributed by atoms with Crippen LogP contribution in [0.25, 0.3) is 11.3 Å². The van der Waals surface area contributed by atoms with Gasteiger partial charge < -0.3 is 4.74 Å². The van der Waals surface area contributed by atoms with Crippen LogP contribution in [-0.4, -0.2) is 9.97 Å². The molecule has 0 saturated heterocycles. The number of anilines is 3. The van der Waals surface area contributed by atoms with Crippen molar-refractivity contribution in [3.05, 3.63) is 127 Å². The normalized spacial score (nSPS) is 13.6. The summed E-state index contributed by atoms with van der Waals surface area (Å²) in [6.45, 7) is 4.55. The molecular formula is C31H25N3O. The lowest BCUT2D eigenvalue weighted by atomic mass is 9.73. The van der Waals surface area contributed by atoms with Crippen molar-refractivity contribution in [1.29, 1.82) is 0 Å². The van der Waals surface area contributed by atoms with Gasteiger partial charge >= 0.3 is 0 Å². The zero-order chi connectivity index (χ0) is 23.8. The monoisotopic (exact) mass is 455 g/mol. The van der Waals surface area contributed by atoms with Crippen molar-refractivity contribution in [2.24, 2.45) is 0 Å². The number of benzene rings is 3. The molecule has 4 heteroatoms. The molecule has 0 aliphatic carbocycles. The Bertz CT molecular complexity index is 1500. The summed E-state index contributed by atoms with van der Waals surface area (Å²) in [5, 5.41) is 0. The van der Waals surface area contributed by atoms with Crippen molar-refractivity contribution in [1.82, 2.24) is 9.97 Å². The highest BCUT2D eigenvalue weighted by molar-refractivity contribution is 5.85. The standard InChI is InChI=1S/C31H25N3O/c1-31(2)25-12-3-4-14-28(25)34(30-15-6-8-19-33-30)29-21-24(16-17-26(29)31)35-23-11-9-10-22(20-23)27-13-5-7-18-32-27/h3-21H,1-2H3. The van der Waals surface area contributed by atoms with E-state index in [0.29, 0.717) is 0 Å². The predicted octanol–water partition coefficient (Wildman–Crippen LogP) is 8.05. The molecule has 3 heterocycles. The van der Waals surface area contributed by atoms with Crippen LogP contribution >= 0.6 is 0 Å². The SMILES string of the molecule is CC1(C)c2ccccc2N(c2ccccn2)c2cc(Oc3cccc(-c4ccccn4)c3)ccc21. The van der Waals surface area contributed by atoms with E-state index in [-0.39, 0.29) is 5.41 Å². The second-order valence-electron chi connectivity index (χ2n) is 9.19. The quantitative estimate of drug-likeness (QED) is 0.275. The molecular weight excluding hydrogens is 430 g/mol. The first kappa shape index (κ1) is 21.1. The molecule has 3 aromatic carbocycles. The fourth-order valence-electron chi connectivity index (χ4n) is 4.88. The summed E-state index contributed by atoms with van der Waals surface area (Å²) >= 11 is 0. The van der Waals surface area contributed by atoms with E-state index in [0.717, 1.165) is 39.9 Å². The summed E-state index contributed by atoms with van der Waals surface area (Å²) < 4.78 is 6.37. The Hall–Kier alpha value is -4.44. The maximum absolute atomic E-state index is 6.37. The van der Waals surface area contributed by atoms with Gasteiger partial charge in [-0.2, -0.15) is 0 Å². The highest BCUT2D eigenvalue weighted by Crippen LogP contribution is 2.52. The maximum atomic E-state index is 6.37. The molecule has 5 aromatic rings. The van der Waals surface area contributed by atoms with Crippen LogP contribution in [-0.2, 0) is 5.41 Å². The summed E-state index contributed by atoms with van der Waals surface area (Å²) in [4.78, 5) is 11.4. The van der Waals surface area contributed by atoms with Crippen LogP contribution in [0, 0.1) is 0 Å². The van der Waals surface area contributed by atoms with Crippen LogP contribution in [0.15, 0.2) is 116 Å². The van der Waals surface area contributed by atoms with Crippen molar-refractivity contribution < 1.29 is 4.74 Å². The van der Waals surface area contributed by atoms with Crippen LogP contribution < -0.4 is 9.64 Å². The number of fused-ring (bicyclic) bond motifs is 2. The molecule has 0 saturated carbocycles. The topological polar surface area (TPSA) is 38.2 Å². The van der Waals surface area contributed by atoms with Crippen LogP contribution in [0.1, 0.15) is 25.0 Å². The first-order valence-corrected chi connectivity index (χ1v) is 11.8. The van der Waals surface area contributed by atoms with Gasteiger partial charge in [-0.15, -0.1) is 0 Å². The van der Waals surface area contributed by atoms with Crippen molar-refractivity contribution in [2.75, 3.05) is 4.90 Å². The smallest absolute Gasteiger partial charge is 0.137 e. The van der Waals surface area contributed by atoms with Gasteiger partial charge in [-0.3, -0.25) is 9.88 Å². The van der Waals surface area contributed by atoms with Gasteiger partial charge in [-0.05, 0) is 59.7 Å². The lowest BCUT2D eigenvalue weighted by Gasteiger charge is -2.41. The third-order valence-electron chi connectivity index (χ3n) is 6.61. The number of para-hydroxylation sites is 1. The molecule has 0 radical (unpaired) electrons. The molecule has 35 heavy (non-hydrogen) atoms. The highest BCUT2D eigenvalue weighted by atomic mass is 16.5. The Morgan fingerprint density at radius 3 is 2.17 bits per heavy atom. The first-order valence-electron chi connectivity index (χ1n) is 11.8. The fourth-order valence-corrected chi connectivity index (χ4v) is 4.88. The molecule has 0 atom stereocenters. The maximum Gasteiger partial charge on any atom is 0.137 e. The molecule has 4 nitrogen and oxygen atoms in total. The van der Waals surface area contributed by atoms with Crippen molar-refractivity contribution >= 4 is 17.2 Å². The number of rotatable bonds is 4. The van der Waals surface area contributed by atoms with E-state index in [1.807, 2.05) is 66.9 Å². The largest absolute Gasteiger partial charge is 0.457 e. The number of aromatic nitrogens is 2. The van der Waals surface area contributed by atoms with Crippen molar-refractivity contribution in [3.63, 3.8) is 0 Å². The third kappa shape index (κ3) is 3.73. The number of nitrogens with zero attached hydrogens (tertiary/aromatic N) is 3. The highest BCUT2D eigenvalue weighted by Gasteiger charge is 2.37. The van der Waals surface area contributed by atoms with Gasteiger partial charge in [0.1, 0.15) is 17.3 Å². The van der Waals surface area contributed by atoms with Crippen molar-refractivity contribution in [2.45, 2.75) is 19.3 Å². The summed E-state index contributed by atoms with van der Waals surface area (Å²) in [6.07, 6.45) is 3.64. The van der Waals surface area contributed by atoms with E-state index >= 15 is 0 Å². The first-order chi connectivity index (χ1) is 17.1. The average Bonchev–Trinajstić information content (AvgIpc) is 2.90. The molecule has 2 aromatic heterocycles. The molecule has 0 amide bonds. The number of hydrogen-bond acceptors (Lipinski definition) is 4. The lowest BCUT2D eigenvalue weighted by molar-refractivity contribution is 0.482. The van der Waals surface area contributed by atoms with Gasteiger partial charge in [0.25, 0.3) is 0 Å². The van der Waals surface area contributed by atoms with Gasteiger partial charge in [0.2, 0.25) is 0 Å². The van der Waals surface area contributed by atoms with Gasteiger partial charge in [0.05, 0.1) is 17.1 Å². The second kappa shape index (κ2) is 8.41. The minimum atomic E-state index is -0.158. The molecule has 6 rings (SSSR count). The zero-order valence-corrected chi connectivity index (χ0v) is 19.7. The van der Waals surface area contributed by atoms with Gasteiger partial charge in [-0.1, -0.05) is 62.4 Å². The molecule has 1 aliphatic heterocycles. The average molecular weight is 456 g/mol. The Morgan fingerprint density at radius 2 is 1.37 bits per heavy atom. The third-order valence-corrected chi connectivity index (χ3v) is 6.61. The summed E-state index contributed by atoms with van der Waals surface area (Å²) in [6, 6.07) is 34.9. The van der Waals surface area contributed by atoms with E-state index in [4.69, 9.17) is 4.74 Å². The fraction of sp³-hybridized carbons (Fsp3) is 0.0968. The van der Waals surface area contributed by atoms with Crippen LogP contribution in [0.5, 0.6) is 11.5 Å². The Labute approximate surface area is 205 Å². The van der Waals surface area contributed by atoms with Crippen LogP contribution in [0.2, 0.25) is 0 Å². The summed E-state index contributed by atoms with van der Waals surface area (Å²) in [7, 11) is 0. The second-order valence-corrected chi connectivity index (χ2v) is 9.19. The minimum Gasteiger partial charge on any atom is -0.457 e.